The summed E-state index contributed by atoms with van der Waals surface area (Å²) >= 11 is 2.94. The van der Waals surface area contributed by atoms with Crippen LogP contribution in [0.1, 0.15) is 10.4 Å². The van der Waals surface area contributed by atoms with Gasteiger partial charge in [-0.05, 0) is 25.5 Å². The summed E-state index contributed by atoms with van der Waals surface area (Å²) in [6.07, 6.45) is 0. The minimum Gasteiger partial charge on any atom is -0.492 e. The van der Waals surface area contributed by atoms with Gasteiger partial charge in [0.1, 0.15) is 10.6 Å². The van der Waals surface area contributed by atoms with Crippen LogP contribution in [0.4, 0.5) is 5.69 Å². The molecule has 26 heavy (non-hydrogen) atoms. The smallest absolute Gasteiger partial charge is 0.273 e. The Hall–Kier alpha value is -2.39. The zero-order valence-corrected chi connectivity index (χ0v) is 16.1. The maximum absolute atomic E-state index is 12.6. The van der Waals surface area contributed by atoms with Crippen LogP contribution in [0.2, 0.25) is 0 Å². The molecular weight excluding hydrogens is 374 g/mol. The Labute approximate surface area is 157 Å². The molecule has 0 aliphatic rings. The highest BCUT2D eigenvalue weighted by Gasteiger charge is 2.15. The standard InChI is InChI=1S/C17H17N3O4S2/c1-10-11(2)26-15-14(10)16(21)19(3)17(18-15)25-8-7-24-13-6-4-5-12(9-13)20(22)23/h4-6,9H,7-8H2,1-3H3. The average Bonchev–Trinajstić information content (AvgIpc) is 2.90. The van der Waals surface area contributed by atoms with E-state index >= 15 is 0 Å². The van der Waals surface area contributed by atoms with E-state index in [-0.39, 0.29) is 11.2 Å². The number of nitro groups is 1. The first-order valence-electron chi connectivity index (χ1n) is 7.85. The molecule has 2 heterocycles. The van der Waals surface area contributed by atoms with Gasteiger partial charge < -0.3 is 4.74 Å². The highest BCUT2D eigenvalue weighted by molar-refractivity contribution is 7.99. The zero-order valence-electron chi connectivity index (χ0n) is 14.5. The fourth-order valence-electron chi connectivity index (χ4n) is 2.46. The van der Waals surface area contributed by atoms with Crippen LogP contribution in [0.25, 0.3) is 10.2 Å². The van der Waals surface area contributed by atoms with Crippen molar-refractivity contribution in [3.63, 3.8) is 0 Å². The Morgan fingerprint density at radius 2 is 2.15 bits per heavy atom. The molecule has 0 amide bonds. The molecule has 0 fully saturated rings. The Bertz CT molecular complexity index is 1040. The number of thioether (sulfide) groups is 1. The predicted octanol–water partition coefficient (Wildman–Crippen LogP) is 3.69. The van der Waals surface area contributed by atoms with E-state index < -0.39 is 4.92 Å². The molecule has 136 valence electrons. The second kappa shape index (κ2) is 7.46. The van der Waals surface area contributed by atoms with E-state index in [1.54, 1.807) is 23.7 Å². The molecule has 9 heteroatoms. The van der Waals surface area contributed by atoms with Gasteiger partial charge in [-0.15, -0.1) is 11.3 Å². The summed E-state index contributed by atoms with van der Waals surface area (Å²) in [5.74, 6) is 1.01. The number of ether oxygens (including phenoxy) is 1. The molecule has 7 nitrogen and oxygen atoms in total. The van der Waals surface area contributed by atoms with E-state index in [2.05, 4.69) is 4.98 Å². The van der Waals surface area contributed by atoms with Gasteiger partial charge in [0.15, 0.2) is 5.16 Å². The van der Waals surface area contributed by atoms with Crippen LogP contribution in [0.3, 0.4) is 0 Å². The van der Waals surface area contributed by atoms with Crippen LogP contribution in [-0.2, 0) is 7.05 Å². The third kappa shape index (κ3) is 3.58. The maximum Gasteiger partial charge on any atom is 0.273 e. The molecule has 0 unspecified atom stereocenters. The van der Waals surface area contributed by atoms with Gasteiger partial charge in [0.25, 0.3) is 11.2 Å². The molecule has 0 aliphatic carbocycles. The summed E-state index contributed by atoms with van der Waals surface area (Å²) < 4.78 is 7.12. The number of rotatable bonds is 6. The second-order valence-corrected chi connectivity index (χ2v) is 7.94. The van der Waals surface area contributed by atoms with Crippen molar-refractivity contribution >= 4 is 39.0 Å². The minimum atomic E-state index is -0.457. The first-order valence-corrected chi connectivity index (χ1v) is 9.65. The Balaban J connectivity index is 1.69. The van der Waals surface area contributed by atoms with Crippen LogP contribution in [0.5, 0.6) is 5.75 Å². The van der Waals surface area contributed by atoms with Crippen molar-refractivity contribution in [1.82, 2.24) is 9.55 Å². The number of hydrogen-bond acceptors (Lipinski definition) is 7. The van der Waals surface area contributed by atoms with E-state index in [1.165, 1.54) is 35.2 Å². The van der Waals surface area contributed by atoms with Gasteiger partial charge in [0.05, 0.1) is 23.0 Å². The van der Waals surface area contributed by atoms with E-state index in [9.17, 15) is 14.9 Å². The summed E-state index contributed by atoms with van der Waals surface area (Å²) in [5, 5.41) is 12.1. The van der Waals surface area contributed by atoms with Crippen molar-refractivity contribution in [2.75, 3.05) is 12.4 Å². The third-order valence-electron chi connectivity index (χ3n) is 3.98. The summed E-state index contributed by atoms with van der Waals surface area (Å²) in [6, 6.07) is 6.07. The molecule has 1 aromatic carbocycles. The number of non-ortho nitro benzene ring substituents is 1. The highest BCUT2D eigenvalue weighted by Crippen LogP contribution is 2.28. The summed E-state index contributed by atoms with van der Waals surface area (Å²) in [7, 11) is 1.71. The maximum atomic E-state index is 12.6. The number of nitrogens with zero attached hydrogens (tertiary/aromatic N) is 3. The number of benzene rings is 1. The topological polar surface area (TPSA) is 87.3 Å². The summed E-state index contributed by atoms with van der Waals surface area (Å²) in [6.45, 7) is 4.28. The molecule has 0 bridgehead atoms. The lowest BCUT2D eigenvalue weighted by molar-refractivity contribution is -0.384. The Morgan fingerprint density at radius 3 is 2.88 bits per heavy atom. The zero-order chi connectivity index (χ0) is 18.8. The van der Waals surface area contributed by atoms with Gasteiger partial charge in [-0.25, -0.2) is 4.98 Å². The van der Waals surface area contributed by atoms with E-state index in [4.69, 9.17) is 4.74 Å². The lowest BCUT2D eigenvalue weighted by Crippen LogP contribution is -2.20. The molecule has 0 aliphatic heterocycles. The molecule has 3 aromatic rings. The van der Waals surface area contributed by atoms with E-state index in [0.717, 1.165) is 15.3 Å². The van der Waals surface area contributed by atoms with Crippen molar-refractivity contribution < 1.29 is 9.66 Å². The lowest BCUT2D eigenvalue weighted by Gasteiger charge is -2.08. The van der Waals surface area contributed by atoms with Gasteiger partial charge in [-0.1, -0.05) is 17.8 Å². The van der Waals surface area contributed by atoms with Crippen molar-refractivity contribution in [2.45, 2.75) is 19.0 Å². The first kappa shape index (κ1) is 18.4. The van der Waals surface area contributed by atoms with Gasteiger partial charge >= 0.3 is 0 Å². The molecule has 0 saturated heterocycles. The van der Waals surface area contributed by atoms with Gasteiger partial charge in [-0.3, -0.25) is 19.5 Å². The second-order valence-electron chi connectivity index (χ2n) is 5.67. The monoisotopic (exact) mass is 391 g/mol. The Kier molecular flexibility index (Phi) is 5.28. The minimum absolute atomic E-state index is 0.00639. The van der Waals surface area contributed by atoms with Crippen molar-refractivity contribution in [3.05, 3.63) is 55.2 Å². The SMILES string of the molecule is Cc1sc2nc(SCCOc3cccc([N+](=O)[O-])c3)n(C)c(=O)c2c1C. The number of aryl methyl sites for hydroxylation is 2. The van der Waals surface area contributed by atoms with Crippen molar-refractivity contribution in [3.8, 4) is 5.75 Å². The average molecular weight is 391 g/mol. The number of nitro benzene ring substituents is 1. The number of thiophene rings is 1. The van der Waals surface area contributed by atoms with Gasteiger partial charge in [0.2, 0.25) is 0 Å². The lowest BCUT2D eigenvalue weighted by atomic mass is 10.2. The molecule has 0 spiro atoms. The molecule has 0 N–H and O–H groups in total. The molecule has 0 radical (unpaired) electrons. The van der Waals surface area contributed by atoms with Crippen LogP contribution in [0, 0.1) is 24.0 Å². The quantitative estimate of drug-likeness (QED) is 0.209. The molecule has 0 saturated carbocycles. The molecular formula is C17H17N3O4S2. The molecule has 0 atom stereocenters. The number of aromatic nitrogens is 2. The summed E-state index contributed by atoms with van der Waals surface area (Å²) in [4.78, 5) is 29.3. The number of hydrogen-bond donors (Lipinski definition) is 0. The largest absolute Gasteiger partial charge is 0.492 e. The molecule has 3 rings (SSSR count). The Morgan fingerprint density at radius 1 is 1.38 bits per heavy atom. The first-order chi connectivity index (χ1) is 12.4. The van der Waals surface area contributed by atoms with E-state index in [0.29, 0.717) is 28.7 Å². The van der Waals surface area contributed by atoms with E-state index in [1.807, 2.05) is 13.8 Å². The summed E-state index contributed by atoms with van der Waals surface area (Å²) in [5.41, 5.74) is 0.940. The predicted molar refractivity (Wildman–Crippen MR) is 104 cm³/mol. The van der Waals surface area contributed by atoms with Crippen LogP contribution < -0.4 is 10.3 Å². The van der Waals surface area contributed by atoms with Crippen molar-refractivity contribution in [1.29, 1.82) is 0 Å². The molecule has 2 aromatic heterocycles. The van der Waals surface area contributed by atoms with Crippen LogP contribution in [-0.4, -0.2) is 26.8 Å². The van der Waals surface area contributed by atoms with Crippen LogP contribution in [0.15, 0.2) is 34.2 Å². The van der Waals surface area contributed by atoms with Gasteiger partial charge in [0, 0.05) is 23.7 Å². The van der Waals surface area contributed by atoms with Gasteiger partial charge in [-0.2, -0.15) is 0 Å². The normalized spacial score (nSPS) is 11.0. The third-order valence-corrected chi connectivity index (χ3v) is 6.08. The van der Waals surface area contributed by atoms with Crippen molar-refractivity contribution in [2.24, 2.45) is 7.05 Å². The van der Waals surface area contributed by atoms with Crippen LogP contribution >= 0.6 is 23.1 Å². The highest BCUT2D eigenvalue weighted by atomic mass is 32.2. The fraction of sp³-hybridized carbons (Fsp3) is 0.294. The number of fused-ring (bicyclic) bond motifs is 1. The fourth-order valence-corrected chi connectivity index (χ4v) is 4.32.